The van der Waals surface area contributed by atoms with Gasteiger partial charge in [-0.1, -0.05) is 33.6 Å². The van der Waals surface area contributed by atoms with Gasteiger partial charge in [-0.15, -0.1) is 0 Å². The smallest absolute Gasteiger partial charge is 0.00504 e. The van der Waals surface area contributed by atoms with Gasteiger partial charge in [0, 0.05) is 19.6 Å². The minimum absolute atomic E-state index is 0.560. The lowest BCUT2D eigenvalue weighted by Gasteiger charge is -2.45. The van der Waals surface area contributed by atoms with Gasteiger partial charge in [-0.3, -0.25) is 0 Å². The van der Waals surface area contributed by atoms with Crippen LogP contribution >= 0.6 is 0 Å². The Labute approximate surface area is 120 Å². The van der Waals surface area contributed by atoms with E-state index in [-0.39, 0.29) is 0 Å². The molecule has 1 aliphatic carbocycles. The summed E-state index contributed by atoms with van der Waals surface area (Å²) in [4.78, 5) is 2.77. The summed E-state index contributed by atoms with van der Waals surface area (Å²) in [5.74, 6) is 1.83. The highest BCUT2D eigenvalue weighted by atomic mass is 15.1. The lowest BCUT2D eigenvalue weighted by molar-refractivity contribution is 0.0597. The van der Waals surface area contributed by atoms with Crippen LogP contribution in [0.15, 0.2) is 0 Å². The monoisotopic (exact) mass is 266 g/mol. The molecule has 2 fully saturated rings. The predicted octanol–water partition coefficient (Wildman–Crippen LogP) is 3.52. The van der Waals surface area contributed by atoms with Crippen molar-refractivity contribution in [1.29, 1.82) is 0 Å². The van der Waals surface area contributed by atoms with Crippen molar-refractivity contribution in [1.82, 2.24) is 10.2 Å². The lowest BCUT2D eigenvalue weighted by atomic mass is 9.69. The zero-order valence-electron chi connectivity index (χ0n) is 13.4. The Bertz CT molecular complexity index is 266. The molecule has 2 nitrogen and oxygen atoms in total. The van der Waals surface area contributed by atoms with Crippen LogP contribution in [0.1, 0.15) is 59.3 Å². The molecule has 3 atom stereocenters. The molecule has 1 heterocycles. The number of hydrogen-bond acceptors (Lipinski definition) is 2. The van der Waals surface area contributed by atoms with Crippen LogP contribution in [0.4, 0.5) is 0 Å². The van der Waals surface area contributed by atoms with E-state index >= 15 is 0 Å². The fraction of sp³-hybridized carbons (Fsp3) is 1.00. The van der Waals surface area contributed by atoms with Gasteiger partial charge in [0.2, 0.25) is 0 Å². The number of rotatable bonds is 5. The maximum Gasteiger partial charge on any atom is 0.00504 e. The van der Waals surface area contributed by atoms with Gasteiger partial charge in [-0.2, -0.15) is 0 Å². The Morgan fingerprint density at radius 3 is 2.63 bits per heavy atom. The highest BCUT2D eigenvalue weighted by Crippen LogP contribution is 2.40. The van der Waals surface area contributed by atoms with Crippen molar-refractivity contribution >= 4 is 0 Å². The summed E-state index contributed by atoms with van der Waals surface area (Å²) in [6.07, 6.45) is 8.61. The molecule has 19 heavy (non-hydrogen) atoms. The van der Waals surface area contributed by atoms with E-state index in [0.29, 0.717) is 5.41 Å². The molecule has 3 unspecified atom stereocenters. The summed E-state index contributed by atoms with van der Waals surface area (Å²) in [7, 11) is 0. The van der Waals surface area contributed by atoms with Crippen molar-refractivity contribution in [3.63, 3.8) is 0 Å². The molecule has 1 saturated heterocycles. The van der Waals surface area contributed by atoms with E-state index in [1.807, 2.05) is 0 Å². The van der Waals surface area contributed by atoms with E-state index in [2.05, 4.69) is 31.0 Å². The third kappa shape index (κ3) is 4.46. The van der Waals surface area contributed by atoms with Gasteiger partial charge in [-0.25, -0.2) is 0 Å². The largest absolute Gasteiger partial charge is 0.316 e. The summed E-state index contributed by atoms with van der Waals surface area (Å²) in [6, 6.07) is 0. The SMILES string of the molecule is CCNCC1(CN2CCCC(C)C2)CCCC(C)C1. The van der Waals surface area contributed by atoms with Crippen molar-refractivity contribution < 1.29 is 0 Å². The van der Waals surface area contributed by atoms with Gasteiger partial charge in [0.05, 0.1) is 0 Å². The fourth-order valence-electron chi connectivity index (χ4n) is 4.42. The van der Waals surface area contributed by atoms with Crippen LogP contribution in [0.2, 0.25) is 0 Å². The number of nitrogens with zero attached hydrogens (tertiary/aromatic N) is 1. The van der Waals surface area contributed by atoms with E-state index in [4.69, 9.17) is 0 Å². The average molecular weight is 266 g/mol. The quantitative estimate of drug-likeness (QED) is 0.819. The van der Waals surface area contributed by atoms with E-state index in [9.17, 15) is 0 Å². The minimum atomic E-state index is 0.560. The van der Waals surface area contributed by atoms with Crippen molar-refractivity contribution in [2.24, 2.45) is 17.3 Å². The molecule has 0 amide bonds. The topological polar surface area (TPSA) is 15.3 Å². The summed E-state index contributed by atoms with van der Waals surface area (Å²) < 4.78 is 0. The first-order valence-electron chi connectivity index (χ1n) is 8.56. The van der Waals surface area contributed by atoms with Gasteiger partial charge in [0.15, 0.2) is 0 Å². The molecule has 1 aliphatic heterocycles. The Kier molecular flexibility index (Phi) is 5.70. The van der Waals surface area contributed by atoms with Crippen molar-refractivity contribution in [3.05, 3.63) is 0 Å². The van der Waals surface area contributed by atoms with Crippen LogP contribution < -0.4 is 5.32 Å². The minimum Gasteiger partial charge on any atom is -0.316 e. The third-order valence-corrected chi connectivity index (χ3v) is 5.24. The van der Waals surface area contributed by atoms with Crippen LogP contribution in [-0.4, -0.2) is 37.6 Å². The zero-order chi connectivity index (χ0) is 13.7. The number of nitrogens with one attached hydrogen (secondary N) is 1. The van der Waals surface area contributed by atoms with Gasteiger partial charge in [0.1, 0.15) is 0 Å². The molecule has 0 aromatic rings. The second-order valence-electron chi connectivity index (χ2n) is 7.46. The van der Waals surface area contributed by atoms with Crippen LogP contribution in [0.5, 0.6) is 0 Å². The normalized spacial score (nSPS) is 37.4. The molecule has 0 aromatic heterocycles. The summed E-state index contributed by atoms with van der Waals surface area (Å²) in [5.41, 5.74) is 0.560. The third-order valence-electron chi connectivity index (χ3n) is 5.24. The molecular formula is C17H34N2. The molecule has 0 radical (unpaired) electrons. The number of hydrogen-bond donors (Lipinski definition) is 1. The molecule has 0 spiro atoms. The maximum absolute atomic E-state index is 3.65. The molecule has 2 heteroatoms. The molecule has 1 N–H and O–H groups in total. The van der Waals surface area contributed by atoms with Gasteiger partial charge >= 0.3 is 0 Å². The maximum atomic E-state index is 3.65. The molecule has 2 aliphatic rings. The standard InChI is InChI=1S/C17H34N2/c1-4-18-13-17(9-5-7-15(2)11-17)14-19-10-6-8-16(3)12-19/h15-16,18H,4-14H2,1-3H3. The van der Waals surface area contributed by atoms with Crippen LogP contribution in [-0.2, 0) is 0 Å². The summed E-state index contributed by atoms with van der Waals surface area (Å²) in [6.45, 7) is 13.5. The van der Waals surface area contributed by atoms with Crippen LogP contribution in [0.25, 0.3) is 0 Å². The first-order valence-corrected chi connectivity index (χ1v) is 8.56. The Hall–Kier alpha value is -0.0800. The summed E-state index contributed by atoms with van der Waals surface area (Å²) in [5, 5.41) is 3.65. The molecule has 112 valence electrons. The first kappa shape index (κ1) is 15.3. The van der Waals surface area contributed by atoms with E-state index in [1.54, 1.807) is 0 Å². The van der Waals surface area contributed by atoms with E-state index < -0.39 is 0 Å². The van der Waals surface area contributed by atoms with Gasteiger partial charge in [0.25, 0.3) is 0 Å². The second-order valence-corrected chi connectivity index (χ2v) is 7.46. The van der Waals surface area contributed by atoms with Crippen molar-refractivity contribution in [2.45, 2.75) is 59.3 Å². The van der Waals surface area contributed by atoms with Crippen molar-refractivity contribution in [3.8, 4) is 0 Å². The highest BCUT2D eigenvalue weighted by molar-refractivity contribution is 4.90. The predicted molar refractivity (Wildman–Crippen MR) is 83.4 cm³/mol. The van der Waals surface area contributed by atoms with Gasteiger partial charge in [-0.05, 0) is 56.0 Å². The molecule has 0 aromatic carbocycles. The number of piperidine rings is 1. The Morgan fingerprint density at radius 1 is 1.16 bits per heavy atom. The first-order chi connectivity index (χ1) is 9.13. The van der Waals surface area contributed by atoms with E-state index in [0.717, 1.165) is 18.4 Å². The molecule has 0 bridgehead atoms. The average Bonchev–Trinajstić information content (AvgIpc) is 2.36. The van der Waals surface area contributed by atoms with Gasteiger partial charge < -0.3 is 10.2 Å². The zero-order valence-corrected chi connectivity index (χ0v) is 13.4. The van der Waals surface area contributed by atoms with Crippen molar-refractivity contribution in [2.75, 3.05) is 32.7 Å². The van der Waals surface area contributed by atoms with Crippen LogP contribution in [0, 0.1) is 17.3 Å². The Balaban J connectivity index is 1.96. The molecule has 1 saturated carbocycles. The highest BCUT2D eigenvalue weighted by Gasteiger charge is 2.36. The van der Waals surface area contributed by atoms with Crippen LogP contribution in [0.3, 0.4) is 0 Å². The van der Waals surface area contributed by atoms with E-state index in [1.165, 1.54) is 64.7 Å². The lowest BCUT2D eigenvalue weighted by Crippen LogP contribution is -2.49. The molecule has 2 rings (SSSR count). The number of likely N-dealkylation sites (tertiary alicyclic amines) is 1. The second kappa shape index (κ2) is 7.08. The fourth-order valence-corrected chi connectivity index (χ4v) is 4.42. The Morgan fingerprint density at radius 2 is 1.95 bits per heavy atom. The molecular weight excluding hydrogens is 232 g/mol. The summed E-state index contributed by atoms with van der Waals surface area (Å²) >= 11 is 0.